The number of aliphatic hydroxyl groups excluding tert-OH is 2. The fourth-order valence-corrected chi connectivity index (χ4v) is 2.48. The highest BCUT2D eigenvalue weighted by molar-refractivity contribution is 5.06. The largest absolute Gasteiger partial charge is 0.394 e. The van der Waals surface area contributed by atoms with E-state index in [1.807, 2.05) is 0 Å². The van der Waals surface area contributed by atoms with Gasteiger partial charge in [0.05, 0.1) is 12.6 Å². The van der Waals surface area contributed by atoms with Crippen molar-refractivity contribution in [2.45, 2.75) is 30.4 Å². The van der Waals surface area contributed by atoms with Crippen LogP contribution in [0, 0.1) is 0 Å². The molecule has 1 aromatic heterocycles. The Morgan fingerprint density at radius 2 is 2.30 bits per heavy atom. The van der Waals surface area contributed by atoms with E-state index in [0.29, 0.717) is 0 Å². The van der Waals surface area contributed by atoms with E-state index in [2.05, 4.69) is 11.6 Å². The lowest BCUT2D eigenvalue weighted by atomic mass is 9.97. The lowest BCUT2D eigenvalue weighted by Crippen LogP contribution is -2.55. The minimum Gasteiger partial charge on any atom is -0.394 e. The van der Waals surface area contributed by atoms with Gasteiger partial charge in [0.25, 0.3) is 5.56 Å². The maximum absolute atomic E-state index is 11.9. The van der Waals surface area contributed by atoms with Crippen LogP contribution in [0.1, 0.15) is 6.42 Å². The van der Waals surface area contributed by atoms with Crippen molar-refractivity contribution in [3.8, 4) is 0 Å². The van der Waals surface area contributed by atoms with Crippen LogP contribution in [0.5, 0.6) is 0 Å². The molecule has 0 saturated carbocycles. The molecule has 1 aliphatic heterocycles. The summed E-state index contributed by atoms with van der Waals surface area (Å²) >= 11 is 0. The third kappa shape index (κ3) is 2.12. The minimum absolute atomic E-state index is 0.133. The number of nitrogens with zero attached hydrogens (tertiary/aromatic N) is 1. The molecule has 8 nitrogen and oxygen atoms in total. The summed E-state index contributed by atoms with van der Waals surface area (Å²) in [5.74, 6) is 0. The molecule has 4 atom stereocenters. The molecule has 0 aromatic carbocycles. The first-order chi connectivity index (χ1) is 9.46. The molecule has 1 saturated heterocycles. The van der Waals surface area contributed by atoms with Crippen LogP contribution in [-0.2, 0) is 10.5 Å². The van der Waals surface area contributed by atoms with Crippen LogP contribution in [-0.4, -0.2) is 44.6 Å². The van der Waals surface area contributed by atoms with E-state index in [9.17, 15) is 19.8 Å². The fraction of sp³-hybridized carbons (Fsp3) is 0.500. The predicted octanol–water partition coefficient (Wildman–Crippen LogP) is -2.16. The lowest BCUT2D eigenvalue weighted by Gasteiger charge is -2.33. The van der Waals surface area contributed by atoms with E-state index in [1.54, 1.807) is 0 Å². The summed E-state index contributed by atoms with van der Waals surface area (Å²) < 4.78 is 6.73. The highest BCUT2D eigenvalue weighted by atomic mass is 16.6. The van der Waals surface area contributed by atoms with Gasteiger partial charge < -0.3 is 20.7 Å². The van der Waals surface area contributed by atoms with Crippen molar-refractivity contribution in [1.29, 1.82) is 0 Å². The van der Waals surface area contributed by atoms with Gasteiger partial charge in [0.15, 0.2) is 5.72 Å². The second kappa shape index (κ2) is 5.33. The highest BCUT2D eigenvalue weighted by Gasteiger charge is 2.53. The van der Waals surface area contributed by atoms with Crippen molar-refractivity contribution in [2.24, 2.45) is 5.73 Å². The number of aliphatic hydroxyl groups is 2. The maximum Gasteiger partial charge on any atom is 0.330 e. The second-order valence-electron chi connectivity index (χ2n) is 4.67. The Morgan fingerprint density at radius 3 is 2.80 bits per heavy atom. The van der Waals surface area contributed by atoms with Gasteiger partial charge in [-0.2, -0.15) is 0 Å². The SMILES string of the molecule is C=CC[C@@]1(n2ccc(=O)[nH]c2=O)O[C@H](CO)[C@@H](O)[C@H]1N. The van der Waals surface area contributed by atoms with Gasteiger partial charge in [-0.05, 0) is 0 Å². The topological polar surface area (TPSA) is 131 Å². The number of hydrogen-bond donors (Lipinski definition) is 4. The van der Waals surface area contributed by atoms with E-state index >= 15 is 0 Å². The van der Waals surface area contributed by atoms with Gasteiger partial charge >= 0.3 is 5.69 Å². The summed E-state index contributed by atoms with van der Waals surface area (Å²) in [6.07, 6.45) is 0.816. The van der Waals surface area contributed by atoms with Gasteiger partial charge in [0.1, 0.15) is 12.2 Å². The molecular formula is C12H17N3O5. The van der Waals surface area contributed by atoms with Crippen molar-refractivity contribution in [3.05, 3.63) is 45.8 Å². The number of ether oxygens (including phenoxy) is 1. The van der Waals surface area contributed by atoms with Gasteiger partial charge in [-0.15, -0.1) is 6.58 Å². The van der Waals surface area contributed by atoms with E-state index < -0.39 is 41.8 Å². The molecule has 0 bridgehead atoms. The molecule has 0 aliphatic carbocycles. The number of nitrogens with one attached hydrogen (secondary N) is 1. The van der Waals surface area contributed by atoms with Crippen LogP contribution in [0.15, 0.2) is 34.5 Å². The van der Waals surface area contributed by atoms with Crippen LogP contribution < -0.4 is 17.0 Å². The van der Waals surface area contributed by atoms with Crippen molar-refractivity contribution in [2.75, 3.05) is 6.61 Å². The van der Waals surface area contributed by atoms with Crippen LogP contribution in [0.3, 0.4) is 0 Å². The zero-order chi connectivity index (χ0) is 14.9. The average molecular weight is 283 g/mol. The summed E-state index contributed by atoms with van der Waals surface area (Å²) in [5.41, 5.74) is 3.31. The Labute approximate surface area is 114 Å². The van der Waals surface area contributed by atoms with E-state index in [4.69, 9.17) is 10.5 Å². The molecule has 2 rings (SSSR count). The Bertz CT molecular complexity index is 610. The lowest BCUT2D eigenvalue weighted by molar-refractivity contribution is -0.121. The number of hydrogen-bond acceptors (Lipinski definition) is 6. The van der Waals surface area contributed by atoms with Crippen LogP contribution in [0.2, 0.25) is 0 Å². The molecular weight excluding hydrogens is 266 g/mol. The summed E-state index contributed by atoms with van der Waals surface area (Å²) in [6.45, 7) is 3.15. The molecule has 0 spiro atoms. The number of aromatic amines is 1. The number of aromatic nitrogens is 2. The monoisotopic (exact) mass is 283 g/mol. The smallest absolute Gasteiger partial charge is 0.330 e. The summed E-state index contributed by atoms with van der Waals surface area (Å²) in [6, 6.07) is 0.197. The van der Waals surface area contributed by atoms with Gasteiger partial charge in [-0.1, -0.05) is 6.08 Å². The van der Waals surface area contributed by atoms with Gasteiger partial charge in [-0.3, -0.25) is 14.3 Å². The average Bonchev–Trinajstić information content (AvgIpc) is 2.65. The van der Waals surface area contributed by atoms with Crippen molar-refractivity contribution < 1.29 is 14.9 Å². The van der Waals surface area contributed by atoms with Crippen molar-refractivity contribution in [1.82, 2.24) is 9.55 Å². The third-order valence-corrected chi connectivity index (χ3v) is 3.47. The molecule has 1 fully saturated rings. The second-order valence-corrected chi connectivity index (χ2v) is 4.67. The molecule has 1 aliphatic rings. The van der Waals surface area contributed by atoms with E-state index in [0.717, 1.165) is 10.6 Å². The molecule has 0 amide bonds. The summed E-state index contributed by atoms with van der Waals surface area (Å²) in [4.78, 5) is 25.2. The quantitative estimate of drug-likeness (QED) is 0.466. The Morgan fingerprint density at radius 1 is 1.60 bits per heavy atom. The first-order valence-electron chi connectivity index (χ1n) is 6.12. The minimum atomic E-state index is -1.39. The standard InChI is InChI=1S/C12H17N3O5/c1-2-4-12(10(13)9(18)7(6-16)20-12)15-5-3-8(17)14-11(15)19/h2-3,5,7,9-10,16,18H,1,4,6,13H2,(H,14,17,19)/t7-,9-,10-,12-/m1/s1. The Balaban J connectivity index is 2.58. The molecule has 110 valence electrons. The van der Waals surface area contributed by atoms with Crippen molar-refractivity contribution >= 4 is 0 Å². The zero-order valence-corrected chi connectivity index (χ0v) is 10.7. The third-order valence-electron chi connectivity index (χ3n) is 3.47. The van der Waals surface area contributed by atoms with Crippen LogP contribution in [0.25, 0.3) is 0 Å². The molecule has 8 heteroatoms. The molecule has 2 heterocycles. The highest BCUT2D eigenvalue weighted by Crippen LogP contribution is 2.36. The van der Waals surface area contributed by atoms with Crippen molar-refractivity contribution in [3.63, 3.8) is 0 Å². The molecule has 1 aromatic rings. The Hall–Kier alpha value is -1.74. The van der Waals surface area contributed by atoms with Crippen LogP contribution in [0.4, 0.5) is 0 Å². The van der Waals surface area contributed by atoms with E-state index in [1.165, 1.54) is 12.3 Å². The summed E-state index contributed by atoms with van der Waals surface area (Å²) in [5, 5.41) is 19.2. The first kappa shape index (κ1) is 14.7. The zero-order valence-electron chi connectivity index (χ0n) is 10.7. The summed E-state index contributed by atoms with van der Waals surface area (Å²) in [7, 11) is 0. The van der Waals surface area contributed by atoms with Gasteiger partial charge in [0, 0.05) is 18.7 Å². The number of nitrogens with two attached hydrogens (primary N) is 1. The molecule has 0 radical (unpaired) electrons. The maximum atomic E-state index is 11.9. The molecule has 0 unspecified atom stereocenters. The van der Waals surface area contributed by atoms with Crippen LogP contribution >= 0.6 is 0 Å². The molecule has 5 N–H and O–H groups in total. The van der Waals surface area contributed by atoms with Gasteiger partial charge in [-0.25, -0.2) is 4.79 Å². The number of rotatable bonds is 4. The molecule has 20 heavy (non-hydrogen) atoms. The normalized spacial score (nSPS) is 33.2. The van der Waals surface area contributed by atoms with Gasteiger partial charge in [0.2, 0.25) is 0 Å². The Kier molecular flexibility index (Phi) is 3.91. The van der Waals surface area contributed by atoms with E-state index in [-0.39, 0.29) is 6.42 Å². The first-order valence-corrected chi connectivity index (χ1v) is 6.12. The fourth-order valence-electron chi connectivity index (χ4n) is 2.48. The predicted molar refractivity (Wildman–Crippen MR) is 70.1 cm³/mol. The number of H-pyrrole nitrogens is 1.